The van der Waals surface area contributed by atoms with Gasteiger partial charge in [0.15, 0.2) is 5.82 Å². The number of hydrogen-bond acceptors (Lipinski definition) is 2. The Morgan fingerprint density at radius 3 is 1.67 bits per heavy atom. The van der Waals surface area contributed by atoms with Gasteiger partial charge in [-0.15, -0.1) is 0 Å². The third-order valence-electron chi connectivity index (χ3n) is 10.8. The van der Waals surface area contributed by atoms with E-state index in [2.05, 4.69) is 170 Å². The lowest BCUT2D eigenvalue weighted by molar-refractivity contribution is 0.660. The van der Waals surface area contributed by atoms with E-state index < -0.39 is 0 Å². The Hall–Kier alpha value is -6.58. The predicted octanol–water partition coefficient (Wildman–Crippen LogP) is 12.5. The van der Waals surface area contributed by atoms with Gasteiger partial charge in [-0.1, -0.05) is 147 Å². The van der Waals surface area contributed by atoms with Crippen molar-refractivity contribution in [2.24, 2.45) is 0 Å². The molecule has 0 saturated heterocycles. The molecule has 0 spiro atoms. The molecule has 0 unspecified atom stereocenters. The van der Waals surface area contributed by atoms with Gasteiger partial charge in [-0.3, -0.25) is 0 Å². The molecule has 2 heterocycles. The van der Waals surface area contributed by atoms with Crippen molar-refractivity contribution < 1.29 is 0 Å². The van der Waals surface area contributed by atoms with Crippen molar-refractivity contribution in [1.29, 1.82) is 0 Å². The first-order valence-electron chi connectivity index (χ1n) is 17.9. The van der Waals surface area contributed by atoms with Crippen LogP contribution >= 0.6 is 0 Å². The number of rotatable bonds is 5. The summed E-state index contributed by atoms with van der Waals surface area (Å²) in [4.78, 5) is 10.4. The third-order valence-corrected chi connectivity index (χ3v) is 10.8. The van der Waals surface area contributed by atoms with E-state index in [1.54, 1.807) is 0 Å². The summed E-state index contributed by atoms with van der Waals surface area (Å²) < 4.78 is 2.40. The Morgan fingerprint density at radius 1 is 0.404 bits per heavy atom. The molecule has 0 bridgehead atoms. The van der Waals surface area contributed by atoms with E-state index >= 15 is 0 Å². The molecule has 52 heavy (non-hydrogen) atoms. The molecule has 0 atom stereocenters. The Labute approximate surface area is 303 Å². The lowest BCUT2D eigenvalue weighted by atomic mass is 9.81. The molecule has 9 aromatic rings. The molecular formula is C49H35N3. The van der Waals surface area contributed by atoms with Gasteiger partial charge in [-0.05, 0) is 75.8 Å². The molecule has 1 aliphatic carbocycles. The summed E-state index contributed by atoms with van der Waals surface area (Å²) in [6, 6.07) is 63.0. The van der Waals surface area contributed by atoms with Gasteiger partial charge in [0.25, 0.3) is 0 Å². The van der Waals surface area contributed by atoms with E-state index in [0.29, 0.717) is 5.82 Å². The molecule has 0 aliphatic heterocycles. The highest BCUT2D eigenvalue weighted by Crippen LogP contribution is 2.50. The lowest BCUT2D eigenvalue weighted by Gasteiger charge is -2.22. The van der Waals surface area contributed by atoms with Crippen molar-refractivity contribution in [2.75, 3.05) is 0 Å². The van der Waals surface area contributed by atoms with E-state index in [4.69, 9.17) is 9.97 Å². The number of benzene rings is 7. The molecule has 10 rings (SSSR count). The molecule has 3 nitrogen and oxygen atoms in total. The van der Waals surface area contributed by atoms with Crippen LogP contribution in [0.4, 0.5) is 0 Å². The standard InChI is InChI=1S/C49H35N3/c1-49(2)42-22-12-9-19-38(42)39-26-25-34(30-43(39)49)35-27-36(29-37(28-35)52-46-23-13-10-20-40(46)41-21-11-14-24-47(41)52)45-31-44(32-15-5-3-6-16-32)50-48(51-45)33-17-7-4-8-18-33/h3-31H,1-2H3. The van der Waals surface area contributed by atoms with E-state index in [0.717, 1.165) is 39.3 Å². The molecule has 0 amide bonds. The van der Waals surface area contributed by atoms with Crippen LogP contribution in [0.5, 0.6) is 0 Å². The normalized spacial score (nSPS) is 13.0. The second-order valence-corrected chi connectivity index (χ2v) is 14.3. The summed E-state index contributed by atoms with van der Waals surface area (Å²) in [7, 11) is 0. The van der Waals surface area contributed by atoms with Crippen LogP contribution in [0.1, 0.15) is 25.0 Å². The van der Waals surface area contributed by atoms with E-state index in [1.807, 2.05) is 24.3 Å². The second kappa shape index (κ2) is 11.8. The van der Waals surface area contributed by atoms with E-state index in [-0.39, 0.29) is 5.41 Å². The minimum Gasteiger partial charge on any atom is -0.309 e. The van der Waals surface area contributed by atoms with Gasteiger partial charge in [0.2, 0.25) is 0 Å². The zero-order chi connectivity index (χ0) is 34.8. The third kappa shape index (κ3) is 4.81. The molecule has 7 aromatic carbocycles. The summed E-state index contributed by atoms with van der Waals surface area (Å²) in [5.74, 6) is 0.706. The largest absolute Gasteiger partial charge is 0.309 e. The van der Waals surface area contributed by atoms with Crippen molar-refractivity contribution >= 4 is 21.8 Å². The van der Waals surface area contributed by atoms with Gasteiger partial charge in [0.1, 0.15) is 0 Å². The van der Waals surface area contributed by atoms with Crippen molar-refractivity contribution in [3.63, 3.8) is 0 Å². The van der Waals surface area contributed by atoms with Crippen LogP contribution in [0.15, 0.2) is 176 Å². The first-order valence-corrected chi connectivity index (χ1v) is 17.9. The van der Waals surface area contributed by atoms with Crippen molar-refractivity contribution in [1.82, 2.24) is 14.5 Å². The number of aromatic nitrogens is 3. The first-order chi connectivity index (χ1) is 25.5. The molecule has 2 aromatic heterocycles. The van der Waals surface area contributed by atoms with Crippen LogP contribution in [0.3, 0.4) is 0 Å². The maximum atomic E-state index is 5.27. The second-order valence-electron chi connectivity index (χ2n) is 14.3. The number of nitrogens with zero attached hydrogens (tertiary/aromatic N) is 3. The average Bonchev–Trinajstić information content (AvgIpc) is 3.66. The quantitative estimate of drug-likeness (QED) is 0.183. The molecule has 0 saturated carbocycles. The average molecular weight is 666 g/mol. The van der Waals surface area contributed by atoms with Gasteiger partial charge in [0.05, 0.1) is 22.4 Å². The number of fused-ring (bicyclic) bond motifs is 6. The fraction of sp³-hybridized carbons (Fsp3) is 0.0612. The first kappa shape index (κ1) is 30.3. The zero-order valence-electron chi connectivity index (χ0n) is 29.1. The van der Waals surface area contributed by atoms with Crippen molar-refractivity contribution in [2.45, 2.75) is 19.3 Å². The van der Waals surface area contributed by atoms with Crippen LogP contribution in [-0.2, 0) is 5.41 Å². The Balaban J connectivity index is 1.24. The van der Waals surface area contributed by atoms with Crippen LogP contribution in [0, 0.1) is 0 Å². The zero-order valence-corrected chi connectivity index (χ0v) is 29.1. The molecule has 0 N–H and O–H groups in total. The Kier molecular flexibility index (Phi) is 6.84. The smallest absolute Gasteiger partial charge is 0.160 e. The molecule has 246 valence electrons. The molecular weight excluding hydrogens is 631 g/mol. The van der Waals surface area contributed by atoms with Gasteiger partial charge >= 0.3 is 0 Å². The number of hydrogen-bond donors (Lipinski definition) is 0. The van der Waals surface area contributed by atoms with Crippen LogP contribution in [0.2, 0.25) is 0 Å². The summed E-state index contributed by atoms with van der Waals surface area (Å²) in [6.45, 7) is 4.69. The highest BCUT2D eigenvalue weighted by molar-refractivity contribution is 6.09. The van der Waals surface area contributed by atoms with Gasteiger partial charge in [0, 0.05) is 38.6 Å². The topological polar surface area (TPSA) is 30.7 Å². The summed E-state index contributed by atoms with van der Waals surface area (Å²) in [5, 5.41) is 2.48. The maximum absolute atomic E-state index is 5.27. The molecule has 0 fully saturated rings. The van der Waals surface area contributed by atoms with E-state index in [9.17, 15) is 0 Å². The SMILES string of the molecule is CC1(C)c2ccccc2-c2ccc(-c3cc(-c4cc(-c5ccccc5)nc(-c5ccccc5)n4)cc(-n4c5ccccc5c5ccccc54)c3)cc21. The summed E-state index contributed by atoms with van der Waals surface area (Å²) in [5.41, 5.74) is 15.9. The Morgan fingerprint density at radius 2 is 0.962 bits per heavy atom. The van der Waals surface area contributed by atoms with Crippen LogP contribution in [0.25, 0.3) is 83.6 Å². The minimum absolute atomic E-state index is 0.100. The highest BCUT2D eigenvalue weighted by Gasteiger charge is 2.35. The molecule has 3 heteroatoms. The Bertz CT molecular complexity index is 2700. The highest BCUT2D eigenvalue weighted by atomic mass is 15.0. The maximum Gasteiger partial charge on any atom is 0.160 e. The fourth-order valence-corrected chi connectivity index (χ4v) is 8.21. The number of para-hydroxylation sites is 2. The van der Waals surface area contributed by atoms with Crippen LogP contribution in [-0.4, -0.2) is 14.5 Å². The monoisotopic (exact) mass is 665 g/mol. The van der Waals surface area contributed by atoms with Crippen molar-refractivity contribution in [3.05, 3.63) is 187 Å². The van der Waals surface area contributed by atoms with Gasteiger partial charge < -0.3 is 4.57 Å². The van der Waals surface area contributed by atoms with Crippen LogP contribution < -0.4 is 0 Å². The fourth-order valence-electron chi connectivity index (χ4n) is 8.21. The van der Waals surface area contributed by atoms with Gasteiger partial charge in [-0.2, -0.15) is 0 Å². The molecule has 1 aliphatic rings. The molecule has 0 radical (unpaired) electrons. The van der Waals surface area contributed by atoms with E-state index in [1.165, 1.54) is 49.6 Å². The minimum atomic E-state index is -0.100. The summed E-state index contributed by atoms with van der Waals surface area (Å²) >= 11 is 0. The van der Waals surface area contributed by atoms with Gasteiger partial charge in [-0.25, -0.2) is 9.97 Å². The summed E-state index contributed by atoms with van der Waals surface area (Å²) in [6.07, 6.45) is 0. The lowest BCUT2D eigenvalue weighted by Crippen LogP contribution is -2.14. The van der Waals surface area contributed by atoms with Crippen molar-refractivity contribution in [3.8, 4) is 61.8 Å². The predicted molar refractivity (Wildman–Crippen MR) is 216 cm³/mol.